The average Bonchev–Trinajstić information content (AvgIpc) is 2.65. The minimum Gasteiger partial charge on any atom is -0.346 e. The summed E-state index contributed by atoms with van der Waals surface area (Å²) in [7, 11) is 1.88. The van der Waals surface area contributed by atoms with Crippen molar-refractivity contribution >= 4 is 24.2 Å². The molecule has 1 heterocycles. The summed E-state index contributed by atoms with van der Waals surface area (Å²) in [5, 5.41) is 0. The number of nitrogens with zero attached hydrogens (tertiary/aromatic N) is 2. The number of unbranched alkanes of at least 4 members (excludes halogenated alkanes) is 1. The summed E-state index contributed by atoms with van der Waals surface area (Å²) < 4.78 is 0. The van der Waals surface area contributed by atoms with Gasteiger partial charge in [0.2, 0.25) is 11.8 Å². The lowest BCUT2D eigenvalue weighted by Gasteiger charge is -2.34. The van der Waals surface area contributed by atoms with Gasteiger partial charge in [0.05, 0.1) is 6.04 Å². The van der Waals surface area contributed by atoms with Crippen LogP contribution in [-0.4, -0.2) is 54.3 Å². The van der Waals surface area contributed by atoms with Crippen molar-refractivity contribution in [3.63, 3.8) is 0 Å². The number of carbonyl (C=O) groups excluding carboxylic acids is 2. The molecule has 1 aliphatic rings. The Morgan fingerprint density at radius 2 is 1.85 bits per heavy atom. The van der Waals surface area contributed by atoms with Crippen LogP contribution >= 0.6 is 12.4 Å². The standard InChI is InChI=1S/C20H31N3O2.ClH/c1-3-4-12-22(2)19(24)17-10-13-23(14-11-17)20(25)18(21)15-16-8-6-5-7-9-16;/h5-9,17-18H,3-4,10-15,21H2,1-2H3;1H. The molecule has 1 aliphatic heterocycles. The predicted molar refractivity (Wildman–Crippen MR) is 107 cm³/mol. The lowest BCUT2D eigenvalue weighted by Crippen LogP contribution is -2.49. The zero-order valence-corrected chi connectivity index (χ0v) is 16.7. The van der Waals surface area contributed by atoms with E-state index in [1.807, 2.05) is 47.2 Å². The minimum atomic E-state index is -0.512. The molecule has 2 rings (SSSR count). The van der Waals surface area contributed by atoms with E-state index < -0.39 is 6.04 Å². The molecule has 1 aromatic rings. The normalized spacial score (nSPS) is 15.9. The van der Waals surface area contributed by atoms with Crippen LogP contribution in [0.3, 0.4) is 0 Å². The van der Waals surface area contributed by atoms with E-state index in [0.29, 0.717) is 19.5 Å². The maximum absolute atomic E-state index is 12.6. The van der Waals surface area contributed by atoms with Gasteiger partial charge in [-0.05, 0) is 31.2 Å². The molecular weight excluding hydrogens is 350 g/mol. The fourth-order valence-corrected chi connectivity index (χ4v) is 3.35. The number of halogens is 1. The number of nitrogens with two attached hydrogens (primary N) is 1. The predicted octanol–water partition coefficient (Wildman–Crippen LogP) is 2.48. The molecule has 1 unspecified atom stereocenters. The molecule has 0 aliphatic carbocycles. The molecule has 1 aromatic carbocycles. The van der Waals surface area contributed by atoms with E-state index in [9.17, 15) is 9.59 Å². The molecule has 2 N–H and O–H groups in total. The van der Waals surface area contributed by atoms with E-state index in [-0.39, 0.29) is 30.1 Å². The van der Waals surface area contributed by atoms with Crippen LogP contribution in [0.15, 0.2) is 30.3 Å². The van der Waals surface area contributed by atoms with Gasteiger partial charge in [0, 0.05) is 32.6 Å². The summed E-state index contributed by atoms with van der Waals surface area (Å²) in [6, 6.07) is 9.34. The summed E-state index contributed by atoms with van der Waals surface area (Å²) >= 11 is 0. The fourth-order valence-electron chi connectivity index (χ4n) is 3.35. The Bertz CT molecular complexity index is 559. The largest absolute Gasteiger partial charge is 0.346 e. The van der Waals surface area contributed by atoms with Gasteiger partial charge in [-0.25, -0.2) is 0 Å². The molecule has 0 bridgehead atoms. The number of benzene rings is 1. The van der Waals surface area contributed by atoms with E-state index >= 15 is 0 Å². The van der Waals surface area contributed by atoms with Crippen molar-refractivity contribution in [2.45, 2.75) is 45.1 Å². The molecule has 1 fully saturated rings. The van der Waals surface area contributed by atoms with E-state index in [1.54, 1.807) is 0 Å². The Morgan fingerprint density at radius 3 is 2.42 bits per heavy atom. The fraction of sp³-hybridized carbons (Fsp3) is 0.600. The summed E-state index contributed by atoms with van der Waals surface area (Å²) in [5.74, 6) is 0.250. The molecule has 146 valence electrons. The van der Waals surface area contributed by atoms with Crippen LogP contribution in [0.5, 0.6) is 0 Å². The average molecular weight is 382 g/mol. The molecule has 0 spiro atoms. The molecule has 6 heteroatoms. The highest BCUT2D eigenvalue weighted by Crippen LogP contribution is 2.20. The topological polar surface area (TPSA) is 66.6 Å². The van der Waals surface area contributed by atoms with Gasteiger partial charge in [0.15, 0.2) is 0 Å². The van der Waals surface area contributed by atoms with Crippen LogP contribution in [0.4, 0.5) is 0 Å². The lowest BCUT2D eigenvalue weighted by atomic mass is 9.94. The highest BCUT2D eigenvalue weighted by atomic mass is 35.5. The molecular formula is C20H32ClN3O2. The third-order valence-electron chi connectivity index (χ3n) is 4.99. The lowest BCUT2D eigenvalue weighted by molar-refractivity contribution is -0.140. The van der Waals surface area contributed by atoms with Gasteiger partial charge in [-0.15, -0.1) is 12.4 Å². The van der Waals surface area contributed by atoms with Crippen LogP contribution in [0.1, 0.15) is 38.2 Å². The molecule has 0 saturated carbocycles. The first-order chi connectivity index (χ1) is 12.0. The van der Waals surface area contributed by atoms with Gasteiger partial charge >= 0.3 is 0 Å². The van der Waals surface area contributed by atoms with Crippen molar-refractivity contribution in [2.24, 2.45) is 11.7 Å². The van der Waals surface area contributed by atoms with Crippen molar-refractivity contribution in [3.05, 3.63) is 35.9 Å². The van der Waals surface area contributed by atoms with Crippen LogP contribution in [0, 0.1) is 5.92 Å². The van der Waals surface area contributed by atoms with Crippen LogP contribution in [0.2, 0.25) is 0 Å². The first-order valence-electron chi connectivity index (χ1n) is 9.36. The number of carbonyl (C=O) groups is 2. The molecule has 2 amide bonds. The quantitative estimate of drug-likeness (QED) is 0.788. The maximum Gasteiger partial charge on any atom is 0.239 e. The molecule has 0 aromatic heterocycles. The van der Waals surface area contributed by atoms with E-state index in [2.05, 4.69) is 6.92 Å². The van der Waals surface area contributed by atoms with Gasteiger partial charge in [-0.1, -0.05) is 43.7 Å². The number of piperidine rings is 1. The van der Waals surface area contributed by atoms with Crippen molar-refractivity contribution in [1.82, 2.24) is 9.80 Å². The zero-order chi connectivity index (χ0) is 18.2. The number of likely N-dealkylation sites (tertiary alicyclic amines) is 1. The van der Waals surface area contributed by atoms with Gasteiger partial charge < -0.3 is 15.5 Å². The number of hydrogen-bond acceptors (Lipinski definition) is 3. The van der Waals surface area contributed by atoms with E-state index in [4.69, 9.17) is 5.73 Å². The second-order valence-corrected chi connectivity index (χ2v) is 7.01. The summed E-state index contributed by atoms with van der Waals surface area (Å²) in [6.07, 6.45) is 4.15. The summed E-state index contributed by atoms with van der Waals surface area (Å²) in [4.78, 5) is 28.7. The molecule has 1 saturated heterocycles. The van der Waals surface area contributed by atoms with Crippen LogP contribution in [-0.2, 0) is 16.0 Å². The monoisotopic (exact) mass is 381 g/mol. The van der Waals surface area contributed by atoms with Gasteiger partial charge in [0.1, 0.15) is 0 Å². The van der Waals surface area contributed by atoms with Gasteiger partial charge in [-0.3, -0.25) is 9.59 Å². The number of rotatable bonds is 7. The minimum absolute atomic E-state index is 0. The smallest absolute Gasteiger partial charge is 0.239 e. The highest BCUT2D eigenvalue weighted by Gasteiger charge is 2.30. The van der Waals surface area contributed by atoms with E-state index in [1.165, 1.54) is 0 Å². The summed E-state index contributed by atoms with van der Waals surface area (Å²) in [5.41, 5.74) is 7.19. The maximum atomic E-state index is 12.6. The first-order valence-corrected chi connectivity index (χ1v) is 9.36. The third kappa shape index (κ3) is 6.29. The van der Waals surface area contributed by atoms with Crippen molar-refractivity contribution in [1.29, 1.82) is 0 Å². The zero-order valence-electron chi connectivity index (χ0n) is 15.9. The molecule has 26 heavy (non-hydrogen) atoms. The van der Waals surface area contributed by atoms with Crippen LogP contribution < -0.4 is 5.73 Å². The second kappa shape index (κ2) is 11.2. The van der Waals surface area contributed by atoms with Crippen LogP contribution in [0.25, 0.3) is 0 Å². The summed E-state index contributed by atoms with van der Waals surface area (Å²) in [6.45, 7) is 4.19. The van der Waals surface area contributed by atoms with Crippen molar-refractivity contribution < 1.29 is 9.59 Å². The van der Waals surface area contributed by atoms with E-state index in [0.717, 1.165) is 37.8 Å². The van der Waals surface area contributed by atoms with Gasteiger partial charge in [-0.2, -0.15) is 0 Å². The third-order valence-corrected chi connectivity index (χ3v) is 4.99. The Morgan fingerprint density at radius 1 is 1.23 bits per heavy atom. The first kappa shape index (κ1) is 22.5. The number of hydrogen-bond donors (Lipinski definition) is 1. The molecule has 5 nitrogen and oxygen atoms in total. The highest BCUT2D eigenvalue weighted by molar-refractivity contribution is 5.85. The van der Waals surface area contributed by atoms with Crippen molar-refractivity contribution in [2.75, 3.05) is 26.7 Å². The van der Waals surface area contributed by atoms with Crippen molar-refractivity contribution in [3.8, 4) is 0 Å². The molecule has 0 radical (unpaired) electrons. The Kier molecular flexibility index (Phi) is 9.66. The van der Waals surface area contributed by atoms with Gasteiger partial charge in [0.25, 0.3) is 0 Å². The Balaban J connectivity index is 0.00000338. The SMILES string of the molecule is CCCCN(C)C(=O)C1CCN(C(=O)C(N)Cc2ccccc2)CC1.Cl. The number of amides is 2. The Hall–Kier alpha value is -1.59. The second-order valence-electron chi connectivity index (χ2n) is 7.01. The molecule has 1 atom stereocenters. The Labute approximate surface area is 163 Å².